The van der Waals surface area contributed by atoms with E-state index in [4.69, 9.17) is 9.84 Å². The summed E-state index contributed by atoms with van der Waals surface area (Å²) in [4.78, 5) is 33.3. The van der Waals surface area contributed by atoms with Gasteiger partial charge in [-0.1, -0.05) is 0 Å². The standard InChI is InChI=1S/C10H17N3O5/c1-2-11-8(14)3-12-10(17)13-7-5-18-4-6(7)9(15)16/h6-7H,2-5H2,1H3,(H,11,14)(H,15,16)(H2,12,13,17). The van der Waals surface area contributed by atoms with Gasteiger partial charge in [0.25, 0.3) is 0 Å². The molecule has 0 bridgehead atoms. The van der Waals surface area contributed by atoms with E-state index in [2.05, 4.69) is 16.0 Å². The first-order valence-electron chi connectivity index (χ1n) is 5.66. The van der Waals surface area contributed by atoms with E-state index >= 15 is 0 Å². The maximum absolute atomic E-state index is 11.4. The van der Waals surface area contributed by atoms with Crippen molar-refractivity contribution in [1.29, 1.82) is 0 Å². The number of urea groups is 1. The summed E-state index contributed by atoms with van der Waals surface area (Å²) in [6.45, 7) is 2.35. The fraction of sp³-hybridized carbons (Fsp3) is 0.700. The molecule has 18 heavy (non-hydrogen) atoms. The zero-order valence-electron chi connectivity index (χ0n) is 10.1. The molecule has 8 nitrogen and oxygen atoms in total. The van der Waals surface area contributed by atoms with Gasteiger partial charge in [-0.3, -0.25) is 9.59 Å². The Kier molecular flexibility index (Phi) is 5.37. The number of hydrogen-bond acceptors (Lipinski definition) is 4. The lowest BCUT2D eigenvalue weighted by Crippen LogP contribution is -2.49. The lowest BCUT2D eigenvalue weighted by atomic mass is 10.0. The summed E-state index contributed by atoms with van der Waals surface area (Å²) >= 11 is 0. The predicted molar refractivity (Wildman–Crippen MR) is 61.0 cm³/mol. The third-order valence-electron chi connectivity index (χ3n) is 2.50. The van der Waals surface area contributed by atoms with Gasteiger partial charge in [0.2, 0.25) is 5.91 Å². The van der Waals surface area contributed by atoms with Crippen LogP contribution in [0.3, 0.4) is 0 Å². The van der Waals surface area contributed by atoms with Gasteiger partial charge in [0.1, 0.15) is 5.92 Å². The Morgan fingerprint density at radius 2 is 2.00 bits per heavy atom. The molecule has 0 spiro atoms. The molecule has 0 aromatic carbocycles. The Morgan fingerprint density at radius 3 is 2.61 bits per heavy atom. The number of likely N-dealkylation sites (N-methyl/N-ethyl adjacent to an activating group) is 1. The van der Waals surface area contributed by atoms with Crippen LogP contribution in [0.4, 0.5) is 4.79 Å². The van der Waals surface area contributed by atoms with Crippen LogP contribution in [0, 0.1) is 5.92 Å². The first kappa shape index (κ1) is 14.2. The van der Waals surface area contributed by atoms with Gasteiger partial charge in [-0.2, -0.15) is 0 Å². The molecule has 0 radical (unpaired) electrons. The van der Waals surface area contributed by atoms with Crippen LogP contribution < -0.4 is 16.0 Å². The normalized spacial score (nSPS) is 22.3. The highest BCUT2D eigenvalue weighted by atomic mass is 16.5. The number of ether oxygens (including phenoxy) is 1. The van der Waals surface area contributed by atoms with Gasteiger partial charge >= 0.3 is 12.0 Å². The number of carboxylic acids is 1. The summed E-state index contributed by atoms with van der Waals surface area (Å²) in [7, 11) is 0. The number of rotatable bonds is 5. The maximum atomic E-state index is 11.4. The summed E-state index contributed by atoms with van der Waals surface area (Å²) in [5, 5.41) is 16.2. The number of carbonyl (C=O) groups is 3. The van der Waals surface area contributed by atoms with Gasteiger partial charge in [-0.25, -0.2) is 4.79 Å². The topological polar surface area (TPSA) is 117 Å². The highest BCUT2D eigenvalue weighted by Crippen LogP contribution is 2.13. The Labute approximate surface area is 104 Å². The van der Waals surface area contributed by atoms with E-state index in [9.17, 15) is 14.4 Å². The van der Waals surface area contributed by atoms with Crippen LogP contribution in [-0.4, -0.2) is 55.4 Å². The van der Waals surface area contributed by atoms with Crippen molar-refractivity contribution < 1.29 is 24.2 Å². The molecule has 8 heteroatoms. The summed E-state index contributed by atoms with van der Waals surface area (Å²) < 4.78 is 4.99. The van der Waals surface area contributed by atoms with E-state index in [0.29, 0.717) is 6.54 Å². The molecule has 3 amide bonds. The summed E-state index contributed by atoms with van der Waals surface area (Å²) in [5.41, 5.74) is 0. The molecule has 1 saturated heterocycles. The fourth-order valence-corrected chi connectivity index (χ4v) is 1.58. The minimum absolute atomic E-state index is 0.0800. The minimum atomic E-state index is -1.01. The highest BCUT2D eigenvalue weighted by molar-refractivity contribution is 5.84. The molecule has 1 aliphatic rings. The van der Waals surface area contributed by atoms with Crippen molar-refractivity contribution >= 4 is 17.9 Å². The van der Waals surface area contributed by atoms with Crippen LogP contribution in [0.25, 0.3) is 0 Å². The SMILES string of the molecule is CCNC(=O)CNC(=O)NC1COCC1C(=O)O. The molecular weight excluding hydrogens is 242 g/mol. The quantitative estimate of drug-likeness (QED) is 0.480. The van der Waals surface area contributed by atoms with Crippen LogP contribution in [0.5, 0.6) is 0 Å². The average Bonchev–Trinajstić information content (AvgIpc) is 2.75. The summed E-state index contributed by atoms with van der Waals surface area (Å²) in [5.74, 6) is -2.06. The number of amides is 3. The van der Waals surface area contributed by atoms with Crippen molar-refractivity contribution in [1.82, 2.24) is 16.0 Å². The van der Waals surface area contributed by atoms with Crippen molar-refractivity contribution in [3.05, 3.63) is 0 Å². The van der Waals surface area contributed by atoms with E-state index in [1.807, 2.05) is 0 Å². The second-order valence-corrected chi connectivity index (χ2v) is 3.87. The molecule has 1 rings (SSSR count). The Balaban J connectivity index is 2.31. The predicted octanol–water partition coefficient (Wildman–Crippen LogP) is -1.48. The third-order valence-corrected chi connectivity index (χ3v) is 2.50. The molecule has 4 N–H and O–H groups in total. The fourth-order valence-electron chi connectivity index (χ4n) is 1.58. The van der Waals surface area contributed by atoms with Gasteiger partial charge in [-0.15, -0.1) is 0 Å². The monoisotopic (exact) mass is 259 g/mol. The first-order chi connectivity index (χ1) is 8.54. The van der Waals surface area contributed by atoms with Crippen LogP contribution in [-0.2, 0) is 14.3 Å². The van der Waals surface area contributed by atoms with Crippen molar-refractivity contribution in [2.75, 3.05) is 26.3 Å². The van der Waals surface area contributed by atoms with Gasteiger partial charge in [0.15, 0.2) is 0 Å². The molecule has 2 atom stereocenters. The van der Waals surface area contributed by atoms with Crippen LogP contribution in [0.2, 0.25) is 0 Å². The van der Waals surface area contributed by atoms with Gasteiger partial charge in [-0.05, 0) is 6.92 Å². The van der Waals surface area contributed by atoms with E-state index in [1.54, 1.807) is 6.92 Å². The lowest BCUT2D eigenvalue weighted by molar-refractivity contribution is -0.142. The number of carboxylic acid groups (broad SMARTS) is 1. The van der Waals surface area contributed by atoms with Crippen LogP contribution >= 0.6 is 0 Å². The molecule has 0 aromatic heterocycles. The molecular formula is C10H17N3O5. The van der Waals surface area contributed by atoms with E-state index < -0.39 is 24.0 Å². The Bertz CT molecular complexity index is 333. The van der Waals surface area contributed by atoms with Crippen molar-refractivity contribution in [3.8, 4) is 0 Å². The highest BCUT2D eigenvalue weighted by Gasteiger charge is 2.35. The van der Waals surface area contributed by atoms with Gasteiger partial charge in [0.05, 0.1) is 25.8 Å². The Morgan fingerprint density at radius 1 is 1.28 bits per heavy atom. The molecule has 0 saturated carbocycles. The molecule has 102 valence electrons. The lowest BCUT2D eigenvalue weighted by Gasteiger charge is -2.16. The Hall–Kier alpha value is -1.83. The van der Waals surface area contributed by atoms with E-state index in [-0.39, 0.29) is 25.7 Å². The molecule has 0 aliphatic carbocycles. The van der Waals surface area contributed by atoms with Crippen molar-refractivity contribution in [2.45, 2.75) is 13.0 Å². The molecule has 2 unspecified atom stereocenters. The number of nitrogens with one attached hydrogen (secondary N) is 3. The second kappa shape index (κ2) is 6.80. The van der Waals surface area contributed by atoms with Gasteiger partial charge in [0, 0.05) is 6.54 Å². The third kappa shape index (κ3) is 4.21. The number of aliphatic carboxylic acids is 1. The number of carbonyl (C=O) groups excluding carboxylic acids is 2. The van der Waals surface area contributed by atoms with E-state index in [0.717, 1.165) is 0 Å². The summed E-state index contributed by atoms with van der Waals surface area (Å²) in [6.07, 6.45) is 0. The molecule has 0 aromatic rings. The largest absolute Gasteiger partial charge is 0.481 e. The smallest absolute Gasteiger partial charge is 0.315 e. The second-order valence-electron chi connectivity index (χ2n) is 3.87. The minimum Gasteiger partial charge on any atom is -0.481 e. The summed E-state index contributed by atoms with van der Waals surface area (Å²) in [6, 6.07) is -1.15. The molecule has 1 fully saturated rings. The van der Waals surface area contributed by atoms with Crippen molar-refractivity contribution in [3.63, 3.8) is 0 Å². The van der Waals surface area contributed by atoms with Crippen LogP contribution in [0.15, 0.2) is 0 Å². The van der Waals surface area contributed by atoms with Crippen molar-refractivity contribution in [2.24, 2.45) is 5.92 Å². The van der Waals surface area contributed by atoms with Gasteiger partial charge < -0.3 is 25.8 Å². The molecule has 1 aliphatic heterocycles. The maximum Gasteiger partial charge on any atom is 0.315 e. The van der Waals surface area contributed by atoms with E-state index in [1.165, 1.54) is 0 Å². The zero-order valence-corrected chi connectivity index (χ0v) is 10.1. The number of hydrogen-bond donors (Lipinski definition) is 4. The first-order valence-corrected chi connectivity index (χ1v) is 5.66. The average molecular weight is 259 g/mol. The van der Waals surface area contributed by atoms with Crippen LogP contribution in [0.1, 0.15) is 6.92 Å². The molecule has 1 heterocycles. The zero-order chi connectivity index (χ0) is 13.5.